The van der Waals surface area contributed by atoms with Crippen molar-refractivity contribution in [2.45, 2.75) is 349 Å². The molecule has 6 amide bonds. The molecule has 0 spiro atoms. The molecule has 94 heavy (non-hydrogen) atoms. The second-order valence-corrected chi connectivity index (χ2v) is 33.9. The molecule has 0 radical (unpaired) electrons. The lowest BCUT2D eigenvalue weighted by Crippen LogP contribution is -2.50. The first-order valence-electron chi connectivity index (χ1n) is 35.0. The number of carbonyl (C=O) groups is 6. The van der Waals surface area contributed by atoms with Crippen molar-refractivity contribution in [2.75, 3.05) is 39.6 Å². The summed E-state index contributed by atoms with van der Waals surface area (Å²) in [7, 11) is 0. The van der Waals surface area contributed by atoms with Crippen LogP contribution in [0.2, 0.25) is 0 Å². The molecule has 554 valence electrons. The fraction of sp³-hybridized carbons (Fsp3) is 0.842. The minimum atomic E-state index is -0.454. The van der Waals surface area contributed by atoms with Crippen LogP contribution in [0.15, 0.2) is 37.5 Å². The predicted molar refractivity (Wildman–Crippen MR) is 391 cm³/mol. The molecule has 0 aromatic rings. The lowest BCUT2D eigenvalue weighted by atomic mass is 9.88. The lowest BCUT2D eigenvalue weighted by molar-refractivity contribution is -0.140. The molecule has 18 heteroatoms. The van der Waals surface area contributed by atoms with E-state index in [1.807, 2.05) is 194 Å². The topological polar surface area (TPSA) is 230 Å². The fourth-order valence-electron chi connectivity index (χ4n) is 9.14. The molecule has 0 heterocycles. The third-order valence-corrected chi connectivity index (χ3v) is 12.9. The zero-order valence-electron chi connectivity index (χ0n) is 66.2. The Morgan fingerprint density at radius 2 is 0.702 bits per heavy atom. The summed E-state index contributed by atoms with van der Waals surface area (Å²) in [5.41, 5.74) is -0.408. The molecule has 2 aliphatic carbocycles. The zero-order chi connectivity index (χ0) is 74.5. The van der Waals surface area contributed by atoms with Crippen LogP contribution in [-0.2, 0) is 57.2 Å². The summed E-state index contributed by atoms with van der Waals surface area (Å²) in [6, 6.07) is 0. The standard InChI is InChI=1S/C14H27NO2.C13H27NO2.C13H25NO2.3C12H23NO2/c1-5-17-12(10-11-8-6-7-9-11)13(16)15-14(2,3)4;1-8-16-10(9-12(2,3)4)11(15)14-13(5,6)7;1-8-9-16-10(12(2,3)4)11(15)14-13(5,6)7;1-5-15-10(8-9-6-7-9)11(14)13-12(2,3)4;1-7-15-10(8-9(2)3)11(14)13-12(4,5)6;1-7-8-15-10(9(2)3)11(14)13-12(4,5)6/h11-12H,5-10H2,1-4H3,(H,15,16);10H,8-9H2,1-7H3,(H,14,15);8,10H,1,9H2,2-7H3,(H,14,15);9-10H,5-8H2,1-4H3,(H,13,14);10H,2,7-8H2,1,3-6H3,(H,13,14);7,9-10H,1,8H2,2-6H3,(H,13,14). The Hall–Kier alpha value is -4.20. The highest BCUT2D eigenvalue weighted by atomic mass is 16.5. The van der Waals surface area contributed by atoms with Gasteiger partial charge in [0, 0.05) is 66.1 Å². The maximum absolute atomic E-state index is 12.1. The van der Waals surface area contributed by atoms with Crippen molar-refractivity contribution in [3.8, 4) is 0 Å². The van der Waals surface area contributed by atoms with Gasteiger partial charge in [-0.05, 0) is 207 Å². The van der Waals surface area contributed by atoms with Crippen LogP contribution in [0.5, 0.6) is 0 Å². The monoisotopic (exact) mass is 1340 g/mol. The summed E-state index contributed by atoms with van der Waals surface area (Å²) in [4.78, 5) is 71.7. The van der Waals surface area contributed by atoms with Crippen molar-refractivity contribution >= 4 is 35.4 Å². The molecule has 2 saturated carbocycles. The summed E-state index contributed by atoms with van der Waals surface area (Å²) in [5.74, 6) is 1.44. The summed E-state index contributed by atoms with van der Waals surface area (Å²) in [6.45, 7) is 75.4. The molecule has 2 aliphatic rings. The Balaban J connectivity index is -0.000000517. The minimum Gasteiger partial charge on any atom is -0.369 e. The van der Waals surface area contributed by atoms with Gasteiger partial charge in [0.1, 0.15) is 36.6 Å². The number of amides is 6. The molecule has 6 unspecified atom stereocenters. The van der Waals surface area contributed by atoms with Crippen LogP contribution in [0.25, 0.3) is 0 Å². The van der Waals surface area contributed by atoms with Crippen molar-refractivity contribution in [1.82, 2.24) is 31.9 Å². The number of nitrogens with one attached hydrogen (secondary N) is 6. The molecule has 0 bridgehead atoms. The Morgan fingerprint density at radius 3 is 0.989 bits per heavy atom. The van der Waals surface area contributed by atoms with Gasteiger partial charge in [0.15, 0.2) is 0 Å². The van der Waals surface area contributed by atoms with Gasteiger partial charge in [0.05, 0.1) is 13.2 Å². The van der Waals surface area contributed by atoms with Gasteiger partial charge in [0.25, 0.3) is 0 Å². The summed E-state index contributed by atoms with van der Waals surface area (Å²) >= 11 is 0. The summed E-state index contributed by atoms with van der Waals surface area (Å²) in [5, 5.41) is 17.7. The molecular formula is C76H148N6O12. The van der Waals surface area contributed by atoms with Gasteiger partial charge in [-0.25, -0.2) is 0 Å². The van der Waals surface area contributed by atoms with E-state index in [2.05, 4.69) is 72.4 Å². The smallest absolute Gasteiger partial charge is 0.250 e. The summed E-state index contributed by atoms with van der Waals surface area (Å²) in [6.07, 6.45) is 11.9. The van der Waals surface area contributed by atoms with Gasteiger partial charge in [-0.15, -0.1) is 19.7 Å². The lowest BCUT2D eigenvalue weighted by Gasteiger charge is -2.32. The molecule has 2 rings (SSSR count). The molecule has 0 aromatic heterocycles. The first-order valence-corrected chi connectivity index (χ1v) is 35.0. The number of ether oxygens (including phenoxy) is 6. The zero-order valence-corrected chi connectivity index (χ0v) is 66.2. The van der Waals surface area contributed by atoms with Gasteiger partial charge >= 0.3 is 0 Å². The van der Waals surface area contributed by atoms with E-state index in [4.69, 9.17) is 28.4 Å². The van der Waals surface area contributed by atoms with E-state index in [9.17, 15) is 28.8 Å². The van der Waals surface area contributed by atoms with Crippen LogP contribution < -0.4 is 31.9 Å². The summed E-state index contributed by atoms with van der Waals surface area (Å²) < 4.78 is 33.0. The molecule has 0 aliphatic heterocycles. The molecule has 0 aromatic carbocycles. The maximum atomic E-state index is 12.1. The van der Waals surface area contributed by atoms with Crippen molar-refractivity contribution in [3.63, 3.8) is 0 Å². The molecule has 6 atom stereocenters. The normalized spacial score (nSPS) is 15.7. The average molecular weight is 1340 g/mol. The van der Waals surface area contributed by atoms with E-state index in [0.717, 1.165) is 24.8 Å². The van der Waals surface area contributed by atoms with Crippen LogP contribution in [0.1, 0.15) is 279 Å². The predicted octanol–water partition coefficient (Wildman–Crippen LogP) is 14.7. The Labute approximate surface area is 576 Å². The van der Waals surface area contributed by atoms with Crippen molar-refractivity contribution in [3.05, 3.63) is 37.5 Å². The Bertz CT molecular complexity index is 2150. The molecule has 18 nitrogen and oxygen atoms in total. The third-order valence-electron chi connectivity index (χ3n) is 12.9. The Morgan fingerprint density at radius 1 is 0.415 bits per heavy atom. The second-order valence-electron chi connectivity index (χ2n) is 33.9. The van der Waals surface area contributed by atoms with Crippen molar-refractivity contribution < 1.29 is 57.2 Å². The maximum Gasteiger partial charge on any atom is 0.250 e. The number of hydrogen-bond acceptors (Lipinski definition) is 12. The number of hydrogen-bond donors (Lipinski definition) is 6. The fourth-order valence-corrected chi connectivity index (χ4v) is 9.14. The molecular weight excluding hydrogens is 1190 g/mol. The van der Waals surface area contributed by atoms with Gasteiger partial charge < -0.3 is 60.3 Å². The Kier molecular flexibility index (Phi) is 47.2. The third kappa shape index (κ3) is 58.0. The molecule has 2 fully saturated rings. The van der Waals surface area contributed by atoms with E-state index < -0.39 is 18.3 Å². The largest absolute Gasteiger partial charge is 0.369 e. The van der Waals surface area contributed by atoms with Crippen LogP contribution in [-0.4, -0.2) is 145 Å². The van der Waals surface area contributed by atoms with Crippen molar-refractivity contribution in [2.24, 2.45) is 28.6 Å². The quantitative estimate of drug-likeness (QED) is 0.0402. The number of rotatable bonds is 28. The van der Waals surface area contributed by atoms with E-state index in [-0.39, 0.29) is 104 Å². The molecule has 6 N–H and O–H groups in total. The van der Waals surface area contributed by atoms with E-state index >= 15 is 0 Å². The van der Waals surface area contributed by atoms with E-state index in [0.29, 0.717) is 57.9 Å². The van der Waals surface area contributed by atoms with Gasteiger partial charge in [0.2, 0.25) is 35.4 Å². The highest BCUT2D eigenvalue weighted by Crippen LogP contribution is 2.34. The van der Waals surface area contributed by atoms with Gasteiger partial charge in [-0.1, -0.05) is 112 Å². The first kappa shape index (κ1) is 96.2. The van der Waals surface area contributed by atoms with Crippen LogP contribution in [0, 0.1) is 28.6 Å². The molecule has 0 saturated heterocycles. The first-order chi connectivity index (χ1) is 42.5. The average Bonchev–Trinajstić information content (AvgIpc) is 0.987. The highest BCUT2D eigenvalue weighted by Gasteiger charge is 2.35. The van der Waals surface area contributed by atoms with Crippen molar-refractivity contribution in [1.29, 1.82) is 0 Å². The van der Waals surface area contributed by atoms with Gasteiger partial charge in [-0.3, -0.25) is 28.8 Å². The van der Waals surface area contributed by atoms with E-state index in [1.54, 1.807) is 12.2 Å². The van der Waals surface area contributed by atoms with Crippen LogP contribution in [0.4, 0.5) is 0 Å². The van der Waals surface area contributed by atoms with Crippen LogP contribution >= 0.6 is 0 Å². The SMILES string of the molecule is C=C(C)CC(OCC)C(=O)NC(C)(C)C.C=CCOC(C(=O)NC(C)(C)C)C(C)(C)C.C=CCOC(C(=O)NC(C)(C)C)C(C)C.CCOC(CC(C)(C)C)C(=O)NC(C)(C)C.CCOC(CC1CC1)C(=O)NC(C)(C)C.CCOC(CC1CCCC1)C(=O)NC(C)(C)C. The van der Waals surface area contributed by atoms with E-state index in [1.165, 1.54) is 38.5 Å². The highest BCUT2D eigenvalue weighted by molar-refractivity contribution is 5.84. The minimum absolute atomic E-state index is 0.00993. The van der Waals surface area contributed by atoms with Crippen LogP contribution in [0.3, 0.4) is 0 Å². The number of carbonyl (C=O) groups excluding carboxylic acids is 6. The second kappa shape index (κ2) is 46.1. The van der Waals surface area contributed by atoms with Gasteiger partial charge in [-0.2, -0.15) is 0 Å².